The Hall–Kier alpha value is -1.51. The van der Waals surface area contributed by atoms with E-state index in [1.54, 1.807) is 0 Å². The van der Waals surface area contributed by atoms with Crippen LogP contribution in [0.4, 0.5) is 0 Å². The lowest BCUT2D eigenvalue weighted by molar-refractivity contribution is -0.137. The fourth-order valence-electron chi connectivity index (χ4n) is 3.06. The van der Waals surface area contributed by atoms with E-state index in [-0.39, 0.29) is 11.8 Å². The first kappa shape index (κ1) is 10.6. The summed E-state index contributed by atoms with van der Waals surface area (Å²) in [6.07, 6.45) is 4.96. The minimum Gasteiger partial charge on any atom is -0.507 e. The molecule has 90 valence electrons. The smallest absolute Gasteiger partial charge is 0.304 e. The van der Waals surface area contributed by atoms with Crippen LogP contribution in [0.25, 0.3) is 0 Å². The van der Waals surface area contributed by atoms with E-state index >= 15 is 0 Å². The van der Waals surface area contributed by atoms with Crippen molar-refractivity contribution in [2.24, 2.45) is 0 Å². The van der Waals surface area contributed by atoms with Crippen molar-refractivity contribution in [3.8, 4) is 5.75 Å². The Morgan fingerprint density at radius 2 is 2.06 bits per heavy atom. The molecule has 0 spiro atoms. The van der Waals surface area contributed by atoms with E-state index in [2.05, 4.69) is 6.07 Å². The van der Waals surface area contributed by atoms with Gasteiger partial charge in [0.05, 0.1) is 6.42 Å². The van der Waals surface area contributed by atoms with E-state index in [0.29, 0.717) is 5.75 Å². The average molecular weight is 232 g/mol. The van der Waals surface area contributed by atoms with Crippen molar-refractivity contribution in [2.75, 3.05) is 0 Å². The molecule has 3 rings (SSSR count). The van der Waals surface area contributed by atoms with E-state index < -0.39 is 5.97 Å². The molecule has 0 aliphatic heterocycles. The maximum atomic E-state index is 10.9. The molecular formula is C14H16O3. The van der Waals surface area contributed by atoms with Crippen LogP contribution in [-0.2, 0) is 23.1 Å². The number of aliphatic carboxylic acids is 1. The third-order valence-corrected chi connectivity index (χ3v) is 4.17. The first-order valence-corrected chi connectivity index (χ1v) is 6.18. The van der Waals surface area contributed by atoms with Crippen LogP contribution in [0.5, 0.6) is 5.75 Å². The highest BCUT2D eigenvalue weighted by molar-refractivity contribution is 5.71. The first-order valence-electron chi connectivity index (χ1n) is 6.18. The standard InChI is InChI=1S/C14H16O3/c15-12(16)8-14(6-7-14)11-5-4-9-2-1-3-10(9)13(11)17/h4-5,17H,1-3,6-8H2,(H,15,16). The Balaban J connectivity index is 2.02. The molecule has 0 aromatic heterocycles. The van der Waals surface area contributed by atoms with Crippen LogP contribution in [-0.4, -0.2) is 16.2 Å². The maximum Gasteiger partial charge on any atom is 0.304 e. The van der Waals surface area contributed by atoms with Crippen molar-refractivity contribution in [3.05, 3.63) is 28.8 Å². The van der Waals surface area contributed by atoms with Gasteiger partial charge in [0.25, 0.3) is 0 Å². The molecule has 1 fully saturated rings. The molecule has 1 aromatic carbocycles. The van der Waals surface area contributed by atoms with E-state index in [0.717, 1.165) is 43.2 Å². The quantitative estimate of drug-likeness (QED) is 0.841. The summed E-state index contributed by atoms with van der Waals surface area (Å²) >= 11 is 0. The number of rotatable bonds is 3. The number of benzene rings is 1. The van der Waals surface area contributed by atoms with Crippen LogP contribution in [0.3, 0.4) is 0 Å². The van der Waals surface area contributed by atoms with Crippen molar-refractivity contribution >= 4 is 5.97 Å². The van der Waals surface area contributed by atoms with Gasteiger partial charge in [-0.05, 0) is 43.2 Å². The second kappa shape index (κ2) is 3.49. The topological polar surface area (TPSA) is 57.5 Å². The third kappa shape index (κ3) is 1.61. The van der Waals surface area contributed by atoms with Gasteiger partial charge in [0, 0.05) is 11.0 Å². The second-order valence-electron chi connectivity index (χ2n) is 5.30. The predicted octanol–water partition coefficient (Wildman–Crippen LogP) is 2.39. The molecule has 2 N–H and O–H groups in total. The van der Waals surface area contributed by atoms with E-state index in [9.17, 15) is 9.90 Å². The summed E-state index contributed by atoms with van der Waals surface area (Å²) < 4.78 is 0. The summed E-state index contributed by atoms with van der Waals surface area (Å²) in [6.45, 7) is 0. The van der Waals surface area contributed by atoms with Gasteiger partial charge in [0.2, 0.25) is 0 Å². The van der Waals surface area contributed by atoms with Gasteiger partial charge < -0.3 is 10.2 Å². The number of carbonyl (C=O) groups is 1. The summed E-state index contributed by atoms with van der Waals surface area (Å²) in [7, 11) is 0. The highest BCUT2D eigenvalue weighted by Crippen LogP contribution is 2.55. The lowest BCUT2D eigenvalue weighted by Gasteiger charge is -2.17. The van der Waals surface area contributed by atoms with E-state index in [4.69, 9.17) is 5.11 Å². The average Bonchev–Trinajstić information content (AvgIpc) is 2.87. The number of aryl methyl sites for hydroxylation is 1. The van der Waals surface area contributed by atoms with Crippen LogP contribution in [0.2, 0.25) is 0 Å². The fourth-order valence-corrected chi connectivity index (χ4v) is 3.06. The molecule has 0 radical (unpaired) electrons. The summed E-state index contributed by atoms with van der Waals surface area (Å²) in [5.41, 5.74) is 2.87. The van der Waals surface area contributed by atoms with Gasteiger partial charge in [0.1, 0.15) is 5.75 Å². The van der Waals surface area contributed by atoms with Gasteiger partial charge in [-0.15, -0.1) is 0 Å². The van der Waals surface area contributed by atoms with Gasteiger partial charge >= 0.3 is 5.97 Å². The first-order chi connectivity index (χ1) is 8.12. The number of phenolic OH excluding ortho intramolecular Hbond substituents is 1. The molecular weight excluding hydrogens is 216 g/mol. The molecule has 0 amide bonds. The molecule has 0 saturated heterocycles. The zero-order chi connectivity index (χ0) is 12.0. The number of fused-ring (bicyclic) bond motifs is 1. The monoisotopic (exact) mass is 232 g/mol. The predicted molar refractivity (Wildman–Crippen MR) is 63.3 cm³/mol. The van der Waals surface area contributed by atoms with Crippen LogP contribution >= 0.6 is 0 Å². The third-order valence-electron chi connectivity index (χ3n) is 4.17. The van der Waals surface area contributed by atoms with E-state index in [1.807, 2.05) is 6.07 Å². The number of hydrogen-bond acceptors (Lipinski definition) is 2. The molecule has 0 atom stereocenters. The van der Waals surface area contributed by atoms with Gasteiger partial charge in [-0.3, -0.25) is 4.79 Å². The largest absolute Gasteiger partial charge is 0.507 e. The lowest BCUT2D eigenvalue weighted by atomic mass is 9.89. The normalized spacial score (nSPS) is 20.0. The van der Waals surface area contributed by atoms with Crippen molar-refractivity contribution in [2.45, 2.75) is 43.9 Å². The number of hydrogen-bond donors (Lipinski definition) is 2. The molecule has 0 heterocycles. The Bertz CT molecular complexity index is 486. The molecule has 0 bridgehead atoms. The second-order valence-corrected chi connectivity index (χ2v) is 5.30. The SMILES string of the molecule is O=C(O)CC1(c2ccc3c(c2O)CCC3)CC1. The summed E-state index contributed by atoms with van der Waals surface area (Å²) in [4.78, 5) is 10.9. The minimum atomic E-state index is -0.776. The fraction of sp³-hybridized carbons (Fsp3) is 0.500. The molecule has 2 aliphatic rings. The van der Waals surface area contributed by atoms with Gasteiger partial charge in [-0.1, -0.05) is 12.1 Å². The summed E-state index contributed by atoms with van der Waals surface area (Å²) in [6, 6.07) is 4.01. The van der Waals surface area contributed by atoms with Crippen LogP contribution in [0.1, 0.15) is 42.4 Å². The summed E-state index contributed by atoms with van der Waals surface area (Å²) in [5, 5.41) is 19.3. The van der Waals surface area contributed by atoms with Gasteiger partial charge in [-0.2, -0.15) is 0 Å². The molecule has 1 aromatic rings. The number of aromatic hydroxyl groups is 1. The Morgan fingerprint density at radius 1 is 1.29 bits per heavy atom. The van der Waals surface area contributed by atoms with Crippen molar-refractivity contribution in [1.82, 2.24) is 0 Å². The minimum absolute atomic E-state index is 0.138. The molecule has 2 aliphatic carbocycles. The lowest BCUT2D eigenvalue weighted by Crippen LogP contribution is -2.13. The number of phenols is 1. The highest BCUT2D eigenvalue weighted by Gasteiger charge is 2.48. The molecule has 17 heavy (non-hydrogen) atoms. The molecule has 3 nitrogen and oxygen atoms in total. The van der Waals surface area contributed by atoms with Crippen LogP contribution < -0.4 is 0 Å². The number of carboxylic acid groups (broad SMARTS) is 1. The molecule has 3 heteroatoms. The highest BCUT2D eigenvalue weighted by atomic mass is 16.4. The van der Waals surface area contributed by atoms with Crippen LogP contribution in [0, 0.1) is 0 Å². The van der Waals surface area contributed by atoms with Crippen molar-refractivity contribution in [1.29, 1.82) is 0 Å². The van der Waals surface area contributed by atoms with Gasteiger partial charge in [-0.25, -0.2) is 0 Å². The van der Waals surface area contributed by atoms with Crippen LogP contribution in [0.15, 0.2) is 12.1 Å². The van der Waals surface area contributed by atoms with Crippen molar-refractivity contribution in [3.63, 3.8) is 0 Å². The van der Waals surface area contributed by atoms with E-state index in [1.165, 1.54) is 5.56 Å². The zero-order valence-electron chi connectivity index (χ0n) is 9.70. The Morgan fingerprint density at radius 3 is 2.71 bits per heavy atom. The molecule has 0 unspecified atom stereocenters. The van der Waals surface area contributed by atoms with Gasteiger partial charge in [0.15, 0.2) is 0 Å². The Labute approximate surface area is 100 Å². The Kier molecular flexibility index (Phi) is 2.18. The zero-order valence-corrected chi connectivity index (χ0v) is 9.70. The maximum absolute atomic E-state index is 10.9. The molecule has 1 saturated carbocycles. The number of carboxylic acids is 1. The summed E-state index contributed by atoms with van der Waals surface area (Å²) in [5.74, 6) is -0.402. The van der Waals surface area contributed by atoms with Crippen molar-refractivity contribution < 1.29 is 15.0 Å².